The smallest absolute Gasteiger partial charge is 0.321 e. The molecule has 162 valence electrons. The summed E-state index contributed by atoms with van der Waals surface area (Å²) in [5, 5.41) is 15.0. The van der Waals surface area contributed by atoms with Crippen molar-refractivity contribution < 1.29 is 24.4 Å². The van der Waals surface area contributed by atoms with E-state index in [-0.39, 0.29) is 42.2 Å². The summed E-state index contributed by atoms with van der Waals surface area (Å²) in [5.74, 6) is -1.87. The molecule has 0 radical (unpaired) electrons. The lowest BCUT2D eigenvalue weighted by molar-refractivity contribution is -0.154. The van der Waals surface area contributed by atoms with Gasteiger partial charge in [-0.05, 0) is 19.3 Å². The summed E-state index contributed by atoms with van der Waals surface area (Å²) in [4.78, 5) is 52.5. The highest BCUT2D eigenvalue weighted by atomic mass is 16.5. The number of amidine groups is 1. The summed E-state index contributed by atoms with van der Waals surface area (Å²) in [7, 11) is 0. The number of urea groups is 1. The standard InChI is InChI=1S/C20H32N4O5/c1-6-7-8-15(10-24(29)11-25)18(27)16(12(2)3)22-20(28)23-19-17(26)13(4)9-14(5)21-19/h9,11-13,15-16,29H,6-8,10H2,1-5H3,(H2,21,22,23,28)/t13?,15-,16+/m1/s1. The van der Waals surface area contributed by atoms with Gasteiger partial charge in [0.05, 0.1) is 12.6 Å². The molecule has 3 atom stereocenters. The van der Waals surface area contributed by atoms with Crippen LogP contribution in [0.5, 0.6) is 0 Å². The molecule has 0 aromatic carbocycles. The highest BCUT2D eigenvalue weighted by Crippen LogP contribution is 2.17. The lowest BCUT2D eigenvalue weighted by Gasteiger charge is -2.27. The zero-order valence-electron chi connectivity index (χ0n) is 17.8. The van der Waals surface area contributed by atoms with Gasteiger partial charge in [-0.15, -0.1) is 0 Å². The molecule has 9 heteroatoms. The highest BCUT2D eigenvalue weighted by molar-refractivity contribution is 6.42. The van der Waals surface area contributed by atoms with Gasteiger partial charge in [0.1, 0.15) is 0 Å². The van der Waals surface area contributed by atoms with Gasteiger partial charge in [0, 0.05) is 17.5 Å². The van der Waals surface area contributed by atoms with Crippen molar-refractivity contribution in [2.45, 2.75) is 59.9 Å². The lowest BCUT2D eigenvalue weighted by Crippen LogP contribution is -2.54. The van der Waals surface area contributed by atoms with Crippen LogP contribution in [0.25, 0.3) is 0 Å². The zero-order chi connectivity index (χ0) is 22.1. The molecule has 0 aromatic rings. The number of allylic oxidation sites excluding steroid dienone is 2. The van der Waals surface area contributed by atoms with E-state index in [2.05, 4.69) is 15.6 Å². The number of nitrogens with zero attached hydrogens (tertiary/aromatic N) is 2. The van der Waals surface area contributed by atoms with E-state index in [0.717, 1.165) is 12.8 Å². The van der Waals surface area contributed by atoms with Crippen LogP contribution in [0.1, 0.15) is 53.9 Å². The van der Waals surface area contributed by atoms with Crippen molar-refractivity contribution >= 4 is 29.8 Å². The predicted octanol–water partition coefficient (Wildman–Crippen LogP) is 2.05. The number of rotatable bonds is 10. The van der Waals surface area contributed by atoms with Gasteiger partial charge in [0.2, 0.25) is 12.2 Å². The summed E-state index contributed by atoms with van der Waals surface area (Å²) in [6, 6.07) is -1.54. The second-order valence-electron chi connectivity index (χ2n) is 7.71. The van der Waals surface area contributed by atoms with E-state index in [9.17, 15) is 24.4 Å². The number of carbonyl (C=O) groups is 4. The Morgan fingerprint density at radius 3 is 2.59 bits per heavy atom. The number of aliphatic imine (C=N–C) groups is 1. The first-order chi connectivity index (χ1) is 13.6. The summed E-state index contributed by atoms with van der Waals surface area (Å²) in [5.41, 5.74) is 0.625. The first kappa shape index (κ1) is 24.5. The fourth-order valence-electron chi connectivity index (χ4n) is 3.16. The molecule has 0 aromatic heterocycles. The van der Waals surface area contributed by atoms with Crippen molar-refractivity contribution in [1.29, 1.82) is 0 Å². The van der Waals surface area contributed by atoms with Crippen LogP contribution in [-0.4, -0.2) is 52.7 Å². The van der Waals surface area contributed by atoms with Crippen molar-refractivity contribution in [2.75, 3.05) is 6.54 Å². The third-order valence-electron chi connectivity index (χ3n) is 4.76. The fourth-order valence-corrected chi connectivity index (χ4v) is 3.16. The number of unbranched alkanes of at least 4 members (excludes halogenated alkanes) is 1. The molecule has 0 bridgehead atoms. The van der Waals surface area contributed by atoms with Crippen molar-refractivity contribution in [3.8, 4) is 0 Å². The minimum Gasteiger partial charge on any atom is -0.328 e. The molecule has 3 N–H and O–H groups in total. The second kappa shape index (κ2) is 11.5. The first-order valence-corrected chi connectivity index (χ1v) is 9.94. The Morgan fingerprint density at radius 1 is 1.38 bits per heavy atom. The van der Waals surface area contributed by atoms with E-state index >= 15 is 0 Å². The Morgan fingerprint density at radius 2 is 2.03 bits per heavy atom. The van der Waals surface area contributed by atoms with Crippen LogP contribution in [0.2, 0.25) is 0 Å². The van der Waals surface area contributed by atoms with Crippen LogP contribution in [-0.2, 0) is 14.4 Å². The number of hydrogen-bond donors (Lipinski definition) is 3. The minimum absolute atomic E-state index is 0.0602. The zero-order valence-corrected chi connectivity index (χ0v) is 17.8. The molecule has 0 aliphatic carbocycles. The molecule has 0 fully saturated rings. The summed E-state index contributed by atoms with van der Waals surface area (Å²) in [6.45, 7) is 8.86. The third-order valence-corrected chi connectivity index (χ3v) is 4.76. The predicted molar refractivity (Wildman–Crippen MR) is 108 cm³/mol. The fraction of sp³-hybridized carbons (Fsp3) is 0.650. The van der Waals surface area contributed by atoms with Gasteiger partial charge in [0.15, 0.2) is 11.6 Å². The molecule has 1 aliphatic heterocycles. The maximum absolute atomic E-state index is 13.0. The maximum atomic E-state index is 13.0. The van der Waals surface area contributed by atoms with E-state index in [0.29, 0.717) is 17.2 Å². The molecule has 0 saturated carbocycles. The van der Waals surface area contributed by atoms with Gasteiger partial charge >= 0.3 is 6.03 Å². The van der Waals surface area contributed by atoms with Gasteiger partial charge in [0.25, 0.3) is 0 Å². The summed E-state index contributed by atoms with van der Waals surface area (Å²) in [6.07, 6.45) is 4.04. The SMILES string of the molecule is CCCC[C@H](CN(O)C=O)C(=O)[C@@H](NC(=O)NC1=NC(C)=CC(C)C1=O)C(C)C. The summed E-state index contributed by atoms with van der Waals surface area (Å²) >= 11 is 0. The topological polar surface area (TPSA) is 128 Å². The molecule has 0 saturated heterocycles. The molecule has 1 unspecified atom stereocenters. The molecule has 1 aliphatic rings. The Bertz CT molecular complexity index is 686. The molecule has 29 heavy (non-hydrogen) atoms. The number of ketones is 2. The van der Waals surface area contributed by atoms with Crippen LogP contribution in [0.4, 0.5) is 4.79 Å². The Labute approximate surface area is 171 Å². The summed E-state index contributed by atoms with van der Waals surface area (Å²) < 4.78 is 0. The van der Waals surface area contributed by atoms with E-state index in [1.54, 1.807) is 33.8 Å². The minimum atomic E-state index is -0.842. The maximum Gasteiger partial charge on any atom is 0.321 e. The quantitative estimate of drug-likeness (QED) is 0.289. The van der Waals surface area contributed by atoms with Crippen molar-refractivity contribution in [3.05, 3.63) is 11.8 Å². The lowest BCUT2D eigenvalue weighted by atomic mass is 9.87. The Balaban J connectivity index is 2.90. The van der Waals surface area contributed by atoms with Crippen LogP contribution in [0.3, 0.4) is 0 Å². The molecule has 1 heterocycles. The van der Waals surface area contributed by atoms with E-state index < -0.39 is 18.0 Å². The second-order valence-corrected chi connectivity index (χ2v) is 7.71. The number of hydrogen-bond acceptors (Lipinski definition) is 6. The van der Waals surface area contributed by atoms with Crippen LogP contribution in [0, 0.1) is 17.8 Å². The molecular formula is C20H32N4O5. The van der Waals surface area contributed by atoms with E-state index in [4.69, 9.17) is 0 Å². The van der Waals surface area contributed by atoms with Gasteiger partial charge in [-0.2, -0.15) is 0 Å². The first-order valence-electron chi connectivity index (χ1n) is 9.94. The number of Topliss-reactive ketones (excluding diaryl/α,β-unsaturated/α-hetero) is 2. The Kier molecular flexibility index (Phi) is 9.67. The Hall–Kier alpha value is -2.55. The average molecular weight is 408 g/mol. The number of amides is 3. The van der Waals surface area contributed by atoms with Gasteiger partial charge in [-0.3, -0.25) is 24.9 Å². The number of hydroxylamine groups is 2. The molecule has 0 spiro atoms. The van der Waals surface area contributed by atoms with E-state index in [1.165, 1.54) is 0 Å². The molecule has 3 amide bonds. The van der Waals surface area contributed by atoms with Crippen LogP contribution < -0.4 is 10.6 Å². The normalized spacial score (nSPS) is 18.4. The number of carbonyl (C=O) groups excluding carboxylic acids is 4. The van der Waals surface area contributed by atoms with E-state index in [1.807, 2.05) is 6.92 Å². The van der Waals surface area contributed by atoms with Gasteiger partial charge in [-0.25, -0.2) is 14.9 Å². The van der Waals surface area contributed by atoms with Gasteiger partial charge in [-0.1, -0.05) is 46.6 Å². The molecular weight excluding hydrogens is 376 g/mol. The van der Waals surface area contributed by atoms with Crippen LogP contribution >= 0.6 is 0 Å². The molecule has 1 rings (SSSR count). The van der Waals surface area contributed by atoms with Crippen molar-refractivity contribution in [3.63, 3.8) is 0 Å². The molecule has 9 nitrogen and oxygen atoms in total. The number of nitrogens with one attached hydrogen (secondary N) is 2. The van der Waals surface area contributed by atoms with Crippen LogP contribution in [0.15, 0.2) is 16.8 Å². The van der Waals surface area contributed by atoms with Crippen molar-refractivity contribution in [1.82, 2.24) is 15.7 Å². The highest BCUT2D eigenvalue weighted by Gasteiger charge is 2.32. The largest absolute Gasteiger partial charge is 0.328 e. The third kappa shape index (κ3) is 7.41. The monoisotopic (exact) mass is 408 g/mol. The average Bonchev–Trinajstić information content (AvgIpc) is 2.66. The van der Waals surface area contributed by atoms with Gasteiger partial charge < -0.3 is 5.32 Å². The van der Waals surface area contributed by atoms with Crippen molar-refractivity contribution in [2.24, 2.45) is 22.7 Å².